The van der Waals surface area contributed by atoms with Gasteiger partial charge >= 0.3 is 5.97 Å². The molecule has 0 amide bonds. The first kappa shape index (κ1) is 10.0. The summed E-state index contributed by atoms with van der Waals surface area (Å²) in [5, 5.41) is 12.2. The molecule has 1 aliphatic rings. The molecule has 76 valence electrons. The molecule has 14 heavy (non-hydrogen) atoms. The molecule has 0 bridgehead atoms. The molecule has 2 heterocycles. The van der Waals surface area contributed by atoms with Crippen LogP contribution in [0.2, 0.25) is 0 Å². The fourth-order valence-corrected chi connectivity index (χ4v) is 3.68. The van der Waals surface area contributed by atoms with Gasteiger partial charge in [-0.2, -0.15) is 0 Å². The SMILES string of the molecule is CSc1sc(C(=O)O)c2c1CCNC2. The molecule has 2 rings (SSSR count). The molecule has 0 atom stereocenters. The van der Waals surface area contributed by atoms with Gasteiger partial charge in [0.1, 0.15) is 4.88 Å². The number of thioether (sulfide) groups is 1. The van der Waals surface area contributed by atoms with Crippen molar-refractivity contribution in [2.24, 2.45) is 0 Å². The van der Waals surface area contributed by atoms with Crippen LogP contribution in [0.1, 0.15) is 20.8 Å². The van der Waals surface area contributed by atoms with Gasteiger partial charge in [0.2, 0.25) is 0 Å². The van der Waals surface area contributed by atoms with E-state index in [0.29, 0.717) is 11.4 Å². The van der Waals surface area contributed by atoms with Gasteiger partial charge in [-0.05, 0) is 30.3 Å². The van der Waals surface area contributed by atoms with Crippen LogP contribution in [-0.2, 0) is 13.0 Å². The fourth-order valence-electron chi connectivity index (χ4n) is 1.68. The van der Waals surface area contributed by atoms with Crippen LogP contribution in [0.3, 0.4) is 0 Å². The monoisotopic (exact) mass is 229 g/mol. The predicted octanol–water partition coefficient (Wildman–Crippen LogP) is 1.81. The normalized spacial score (nSPS) is 15.2. The van der Waals surface area contributed by atoms with E-state index in [4.69, 9.17) is 5.11 Å². The molecule has 1 aliphatic heterocycles. The fraction of sp³-hybridized carbons (Fsp3) is 0.444. The van der Waals surface area contributed by atoms with Crippen LogP contribution in [0.25, 0.3) is 0 Å². The predicted molar refractivity (Wildman–Crippen MR) is 58.5 cm³/mol. The summed E-state index contributed by atoms with van der Waals surface area (Å²) in [5.74, 6) is -0.796. The summed E-state index contributed by atoms with van der Waals surface area (Å²) in [6, 6.07) is 0. The van der Waals surface area contributed by atoms with Gasteiger partial charge in [0.25, 0.3) is 0 Å². The van der Waals surface area contributed by atoms with Crippen LogP contribution in [-0.4, -0.2) is 23.9 Å². The molecule has 0 aromatic carbocycles. The zero-order valence-corrected chi connectivity index (χ0v) is 9.43. The van der Waals surface area contributed by atoms with Gasteiger partial charge in [-0.25, -0.2) is 4.79 Å². The van der Waals surface area contributed by atoms with Crippen LogP contribution in [0, 0.1) is 0 Å². The van der Waals surface area contributed by atoms with Gasteiger partial charge in [-0.3, -0.25) is 0 Å². The molecular weight excluding hydrogens is 218 g/mol. The summed E-state index contributed by atoms with van der Waals surface area (Å²) in [6.45, 7) is 1.66. The number of rotatable bonds is 2. The number of fused-ring (bicyclic) bond motifs is 1. The Morgan fingerprint density at radius 2 is 2.36 bits per heavy atom. The molecule has 3 nitrogen and oxygen atoms in total. The zero-order valence-electron chi connectivity index (χ0n) is 7.79. The van der Waals surface area contributed by atoms with E-state index in [1.165, 1.54) is 21.1 Å². The van der Waals surface area contributed by atoms with E-state index in [0.717, 1.165) is 18.5 Å². The van der Waals surface area contributed by atoms with Crippen LogP contribution >= 0.6 is 23.1 Å². The van der Waals surface area contributed by atoms with Crippen molar-refractivity contribution in [2.45, 2.75) is 17.2 Å². The van der Waals surface area contributed by atoms with E-state index in [9.17, 15) is 4.79 Å². The Labute approximate surface area is 90.5 Å². The molecule has 0 saturated carbocycles. The highest BCUT2D eigenvalue weighted by Crippen LogP contribution is 2.36. The van der Waals surface area contributed by atoms with E-state index < -0.39 is 5.97 Å². The second kappa shape index (κ2) is 3.92. The Balaban J connectivity index is 2.52. The van der Waals surface area contributed by atoms with E-state index in [2.05, 4.69) is 5.32 Å². The van der Waals surface area contributed by atoms with Crippen LogP contribution < -0.4 is 5.32 Å². The molecule has 0 spiro atoms. The number of aromatic carboxylic acids is 1. The zero-order chi connectivity index (χ0) is 10.1. The van der Waals surface area contributed by atoms with Gasteiger partial charge in [0.05, 0.1) is 4.21 Å². The van der Waals surface area contributed by atoms with Crippen LogP contribution in [0.5, 0.6) is 0 Å². The lowest BCUT2D eigenvalue weighted by atomic mass is 10.0. The third kappa shape index (κ3) is 1.55. The summed E-state index contributed by atoms with van der Waals surface area (Å²) in [6.07, 6.45) is 2.95. The van der Waals surface area contributed by atoms with E-state index in [-0.39, 0.29) is 0 Å². The van der Waals surface area contributed by atoms with Crippen molar-refractivity contribution in [2.75, 3.05) is 12.8 Å². The van der Waals surface area contributed by atoms with Gasteiger partial charge in [0.15, 0.2) is 0 Å². The molecule has 0 aliphatic carbocycles. The minimum absolute atomic E-state index is 0.511. The summed E-state index contributed by atoms with van der Waals surface area (Å²) in [7, 11) is 0. The van der Waals surface area contributed by atoms with Gasteiger partial charge < -0.3 is 10.4 Å². The van der Waals surface area contributed by atoms with Crippen LogP contribution in [0.4, 0.5) is 0 Å². The molecule has 2 N–H and O–H groups in total. The standard InChI is InChI=1S/C9H11NO2S2/c1-13-9-5-2-3-10-4-6(5)7(14-9)8(11)12/h10H,2-4H2,1H3,(H,11,12). The molecule has 0 fully saturated rings. The van der Waals surface area contributed by atoms with Crippen molar-refractivity contribution >= 4 is 29.1 Å². The molecule has 0 saturated heterocycles. The van der Waals surface area contributed by atoms with Crippen molar-refractivity contribution < 1.29 is 9.90 Å². The van der Waals surface area contributed by atoms with E-state index in [1.807, 2.05) is 6.26 Å². The second-order valence-corrected chi connectivity index (χ2v) is 5.21. The highest BCUT2D eigenvalue weighted by Gasteiger charge is 2.23. The third-order valence-electron chi connectivity index (χ3n) is 2.31. The first-order valence-electron chi connectivity index (χ1n) is 4.36. The first-order chi connectivity index (χ1) is 6.74. The lowest BCUT2D eigenvalue weighted by Gasteiger charge is -2.14. The highest BCUT2D eigenvalue weighted by molar-refractivity contribution is 8.00. The Bertz CT molecular complexity index is 373. The van der Waals surface area contributed by atoms with Gasteiger partial charge in [-0.1, -0.05) is 0 Å². The molecule has 5 heteroatoms. The Morgan fingerprint density at radius 3 is 3.00 bits per heavy atom. The summed E-state index contributed by atoms with van der Waals surface area (Å²) in [4.78, 5) is 11.5. The summed E-state index contributed by atoms with van der Waals surface area (Å²) < 4.78 is 1.17. The van der Waals surface area contributed by atoms with Gasteiger partial charge in [-0.15, -0.1) is 23.1 Å². The van der Waals surface area contributed by atoms with Crippen molar-refractivity contribution in [1.29, 1.82) is 0 Å². The molecule has 0 radical (unpaired) electrons. The van der Waals surface area contributed by atoms with E-state index >= 15 is 0 Å². The number of carboxylic acid groups (broad SMARTS) is 1. The highest BCUT2D eigenvalue weighted by atomic mass is 32.2. The topological polar surface area (TPSA) is 49.3 Å². The second-order valence-electron chi connectivity index (χ2n) is 3.11. The number of hydrogen-bond donors (Lipinski definition) is 2. The number of carbonyl (C=O) groups is 1. The number of hydrogen-bond acceptors (Lipinski definition) is 4. The summed E-state index contributed by atoms with van der Waals surface area (Å²) in [5.41, 5.74) is 2.25. The lowest BCUT2D eigenvalue weighted by molar-refractivity contribution is 0.0700. The molecule has 0 unspecified atom stereocenters. The van der Waals surface area contributed by atoms with Crippen molar-refractivity contribution in [3.05, 3.63) is 16.0 Å². The minimum Gasteiger partial charge on any atom is -0.477 e. The molecular formula is C9H11NO2S2. The summed E-state index contributed by atoms with van der Waals surface area (Å²) >= 11 is 3.06. The van der Waals surface area contributed by atoms with E-state index in [1.54, 1.807) is 11.8 Å². The van der Waals surface area contributed by atoms with Crippen LogP contribution in [0.15, 0.2) is 4.21 Å². The van der Waals surface area contributed by atoms with Crippen molar-refractivity contribution in [3.8, 4) is 0 Å². The smallest absolute Gasteiger partial charge is 0.346 e. The largest absolute Gasteiger partial charge is 0.477 e. The molecule has 1 aromatic heterocycles. The maximum absolute atomic E-state index is 11.0. The first-order valence-corrected chi connectivity index (χ1v) is 6.40. The average molecular weight is 229 g/mol. The van der Waals surface area contributed by atoms with Crippen molar-refractivity contribution in [1.82, 2.24) is 5.32 Å². The maximum atomic E-state index is 11.0. The maximum Gasteiger partial charge on any atom is 0.346 e. The molecule has 1 aromatic rings. The average Bonchev–Trinajstić information content (AvgIpc) is 2.56. The van der Waals surface area contributed by atoms with Gasteiger partial charge in [0, 0.05) is 6.54 Å². The number of thiophene rings is 1. The Hall–Kier alpha value is -0.520. The number of carboxylic acids is 1. The minimum atomic E-state index is -0.796. The Morgan fingerprint density at radius 1 is 1.57 bits per heavy atom. The third-order valence-corrected chi connectivity index (χ3v) is 4.74. The Kier molecular flexibility index (Phi) is 2.80. The lowest BCUT2D eigenvalue weighted by Crippen LogP contribution is -2.24. The quantitative estimate of drug-likeness (QED) is 0.759. The number of nitrogens with one attached hydrogen (secondary N) is 1. The van der Waals surface area contributed by atoms with Crippen molar-refractivity contribution in [3.63, 3.8) is 0 Å².